The van der Waals surface area contributed by atoms with Crippen molar-refractivity contribution in [2.24, 2.45) is 0 Å². The molecule has 176 valence electrons. The normalized spacial score (nSPS) is 12.4. The summed E-state index contributed by atoms with van der Waals surface area (Å²) < 4.78 is 50.1. The van der Waals surface area contributed by atoms with Crippen LogP contribution in [-0.2, 0) is 26.0 Å². The zero-order valence-corrected chi connectivity index (χ0v) is 19.8. The number of ether oxygens (including phenoxy) is 2. The van der Waals surface area contributed by atoms with Gasteiger partial charge in [0.1, 0.15) is 11.6 Å². The van der Waals surface area contributed by atoms with Crippen molar-refractivity contribution in [3.8, 4) is 5.88 Å². The number of anilines is 1. The molecular formula is C23H31FN2O5S. The van der Waals surface area contributed by atoms with Gasteiger partial charge in [0.05, 0.1) is 18.6 Å². The van der Waals surface area contributed by atoms with Crippen molar-refractivity contribution in [2.45, 2.75) is 46.0 Å². The summed E-state index contributed by atoms with van der Waals surface area (Å²) in [5, 5.41) is 0. The van der Waals surface area contributed by atoms with Gasteiger partial charge in [-0.2, -0.15) is 0 Å². The first-order valence-corrected chi connectivity index (χ1v) is 12.5. The number of halogens is 1. The maximum atomic E-state index is 14.3. The number of nitrogens with zero attached hydrogens (tertiary/aromatic N) is 1. The fourth-order valence-corrected chi connectivity index (χ4v) is 3.66. The summed E-state index contributed by atoms with van der Waals surface area (Å²) in [5.74, 6) is -0.802. The SMILES string of the molecule is CCOCCCOc1nc(C)ccc1CCC(=O)C(C)c1ccc(NS(C)(=O)=O)c(F)c1. The van der Waals surface area contributed by atoms with Crippen LogP contribution in [0.2, 0.25) is 0 Å². The van der Waals surface area contributed by atoms with Gasteiger partial charge in [-0.1, -0.05) is 19.1 Å². The number of ketones is 1. The van der Waals surface area contributed by atoms with E-state index in [1.807, 2.05) is 26.0 Å². The Labute approximate surface area is 189 Å². The molecule has 1 aromatic heterocycles. The Morgan fingerprint density at radius 2 is 1.97 bits per heavy atom. The minimum atomic E-state index is -3.59. The lowest BCUT2D eigenvalue weighted by Crippen LogP contribution is -2.13. The standard InChI is InChI=1S/C23H31FN2O5S/c1-5-30-13-6-14-31-23-18(8-7-16(2)25-23)10-12-22(27)17(3)19-9-11-21(20(24)15-19)26-32(4,28)29/h7-9,11,15,17,26H,5-6,10,12-14H2,1-4H3. The number of carbonyl (C=O) groups excluding carboxylic acids is 1. The molecule has 0 amide bonds. The van der Waals surface area contributed by atoms with Crippen LogP contribution >= 0.6 is 0 Å². The second-order valence-electron chi connectivity index (χ2n) is 7.62. The minimum Gasteiger partial charge on any atom is -0.477 e. The summed E-state index contributed by atoms with van der Waals surface area (Å²) in [5.41, 5.74) is 2.01. The molecule has 0 fully saturated rings. The van der Waals surface area contributed by atoms with E-state index in [9.17, 15) is 17.6 Å². The third-order valence-electron chi connectivity index (χ3n) is 4.87. The first kappa shape index (κ1) is 25.7. The van der Waals surface area contributed by atoms with Gasteiger partial charge in [-0.25, -0.2) is 17.8 Å². The lowest BCUT2D eigenvalue weighted by molar-refractivity contribution is -0.120. The molecule has 0 aliphatic heterocycles. The fourth-order valence-electron chi connectivity index (χ4n) is 3.09. The van der Waals surface area contributed by atoms with Crippen LogP contribution in [0, 0.1) is 12.7 Å². The number of sulfonamides is 1. The highest BCUT2D eigenvalue weighted by molar-refractivity contribution is 7.92. The fraction of sp³-hybridized carbons (Fsp3) is 0.478. The summed E-state index contributed by atoms with van der Waals surface area (Å²) in [7, 11) is -3.59. The van der Waals surface area contributed by atoms with Crippen LogP contribution in [-0.4, -0.2) is 45.3 Å². The van der Waals surface area contributed by atoms with Crippen molar-refractivity contribution in [3.63, 3.8) is 0 Å². The molecule has 0 spiro atoms. The van der Waals surface area contributed by atoms with Gasteiger partial charge in [-0.3, -0.25) is 9.52 Å². The summed E-state index contributed by atoms with van der Waals surface area (Å²) in [6.45, 7) is 7.27. The molecule has 1 unspecified atom stereocenters. The van der Waals surface area contributed by atoms with E-state index in [-0.39, 0.29) is 17.9 Å². The molecule has 0 radical (unpaired) electrons. The molecule has 0 bridgehead atoms. The molecule has 1 N–H and O–H groups in total. The maximum absolute atomic E-state index is 14.3. The highest BCUT2D eigenvalue weighted by Crippen LogP contribution is 2.25. The van der Waals surface area contributed by atoms with Gasteiger partial charge < -0.3 is 9.47 Å². The second-order valence-corrected chi connectivity index (χ2v) is 9.37. The third kappa shape index (κ3) is 8.20. The predicted octanol–water partition coefficient (Wildman–Crippen LogP) is 4.01. The van der Waals surface area contributed by atoms with Gasteiger partial charge in [0.2, 0.25) is 15.9 Å². The Kier molecular flexibility index (Phi) is 9.59. The molecule has 2 aromatic rings. The van der Waals surface area contributed by atoms with Crippen molar-refractivity contribution in [1.82, 2.24) is 4.98 Å². The van der Waals surface area contributed by atoms with E-state index in [1.165, 1.54) is 12.1 Å². The maximum Gasteiger partial charge on any atom is 0.229 e. The Hall–Kier alpha value is -2.52. The van der Waals surface area contributed by atoms with Crippen LogP contribution in [0.25, 0.3) is 0 Å². The average Bonchev–Trinajstić information content (AvgIpc) is 2.72. The van der Waals surface area contributed by atoms with Gasteiger partial charge in [-0.15, -0.1) is 0 Å². The lowest BCUT2D eigenvalue weighted by Gasteiger charge is -2.14. The predicted molar refractivity (Wildman–Crippen MR) is 122 cm³/mol. The summed E-state index contributed by atoms with van der Waals surface area (Å²) in [4.78, 5) is 17.2. The number of rotatable bonds is 13. The molecule has 2 rings (SSSR count). The van der Waals surface area contributed by atoms with Gasteiger partial charge >= 0.3 is 0 Å². The summed E-state index contributed by atoms with van der Waals surface area (Å²) in [6.07, 6.45) is 2.39. The smallest absolute Gasteiger partial charge is 0.229 e. The number of Topliss-reactive ketones (excluding diaryl/α,β-unsaturated/α-hetero) is 1. The Morgan fingerprint density at radius 3 is 2.62 bits per heavy atom. The third-order valence-corrected chi connectivity index (χ3v) is 5.46. The summed E-state index contributed by atoms with van der Waals surface area (Å²) in [6, 6.07) is 7.85. The van der Waals surface area contributed by atoms with Crippen LogP contribution in [0.3, 0.4) is 0 Å². The molecule has 32 heavy (non-hydrogen) atoms. The van der Waals surface area contributed by atoms with Crippen molar-refractivity contribution >= 4 is 21.5 Å². The molecule has 0 saturated carbocycles. The lowest BCUT2D eigenvalue weighted by atomic mass is 9.93. The van der Waals surface area contributed by atoms with Gasteiger partial charge in [0.25, 0.3) is 0 Å². The number of aromatic nitrogens is 1. The van der Waals surface area contributed by atoms with Gasteiger partial charge in [0.15, 0.2) is 0 Å². The van der Waals surface area contributed by atoms with Crippen LogP contribution in [0.1, 0.15) is 49.4 Å². The highest BCUT2D eigenvalue weighted by Gasteiger charge is 2.19. The Morgan fingerprint density at radius 1 is 1.22 bits per heavy atom. The number of carbonyl (C=O) groups is 1. The van der Waals surface area contributed by atoms with Crippen molar-refractivity contribution < 1.29 is 27.1 Å². The molecule has 1 heterocycles. The number of hydrogen-bond donors (Lipinski definition) is 1. The number of nitrogens with one attached hydrogen (secondary N) is 1. The first-order valence-electron chi connectivity index (χ1n) is 10.6. The van der Waals surface area contributed by atoms with Crippen molar-refractivity contribution in [3.05, 3.63) is 53.0 Å². The first-order chi connectivity index (χ1) is 15.1. The zero-order valence-electron chi connectivity index (χ0n) is 19.0. The van der Waals surface area contributed by atoms with Crippen molar-refractivity contribution in [2.75, 3.05) is 30.8 Å². The Balaban J connectivity index is 2.00. The average molecular weight is 467 g/mol. The zero-order chi connectivity index (χ0) is 23.7. The monoisotopic (exact) mass is 466 g/mol. The van der Waals surface area contributed by atoms with E-state index < -0.39 is 21.8 Å². The molecule has 0 aliphatic rings. The minimum absolute atomic E-state index is 0.0592. The number of hydrogen-bond acceptors (Lipinski definition) is 6. The number of aryl methyl sites for hydroxylation is 2. The van der Waals surface area contributed by atoms with Gasteiger partial charge in [-0.05, 0) is 44.0 Å². The summed E-state index contributed by atoms with van der Waals surface area (Å²) >= 11 is 0. The van der Waals surface area contributed by atoms with Crippen LogP contribution < -0.4 is 9.46 Å². The Bertz CT molecular complexity index is 1030. The van der Waals surface area contributed by atoms with E-state index in [0.717, 1.165) is 23.9 Å². The van der Waals surface area contributed by atoms with Gasteiger partial charge in [0, 0.05) is 43.2 Å². The molecular weight excluding hydrogens is 435 g/mol. The second kappa shape index (κ2) is 11.9. The topological polar surface area (TPSA) is 94.6 Å². The van der Waals surface area contributed by atoms with E-state index in [0.29, 0.717) is 37.7 Å². The van der Waals surface area contributed by atoms with Crippen molar-refractivity contribution in [1.29, 1.82) is 0 Å². The van der Waals surface area contributed by atoms with E-state index >= 15 is 0 Å². The molecule has 0 saturated heterocycles. The molecule has 0 aliphatic carbocycles. The number of pyridine rings is 1. The quantitative estimate of drug-likeness (QED) is 0.448. The molecule has 1 atom stereocenters. The molecule has 9 heteroatoms. The van der Waals surface area contributed by atoms with E-state index in [2.05, 4.69) is 9.71 Å². The number of benzene rings is 1. The van der Waals surface area contributed by atoms with Crippen LogP contribution in [0.4, 0.5) is 10.1 Å². The van der Waals surface area contributed by atoms with E-state index in [4.69, 9.17) is 9.47 Å². The van der Waals surface area contributed by atoms with Crippen LogP contribution in [0.5, 0.6) is 5.88 Å². The molecule has 7 nitrogen and oxygen atoms in total. The highest BCUT2D eigenvalue weighted by atomic mass is 32.2. The van der Waals surface area contributed by atoms with Crippen LogP contribution in [0.15, 0.2) is 30.3 Å². The molecule has 1 aromatic carbocycles. The largest absolute Gasteiger partial charge is 0.477 e. The van der Waals surface area contributed by atoms with E-state index in [1.54, 1.807) is 13.0 Å².